The van der Waals surface area contributed by atoms with Crippen LogP contribution in [0, 0.1) is 0 Å². The molecule has 1 saturated heterocycles. The smallest absolute Gasteiger partial charge is 0.337 e. The minimum absolute atomic E-state index is 0.0576. The van der Waals surface area contributed by atoms with Crippen LogP contribution < -0.4 is 5.32 Å². The van der Waals surface area contributed by atoms with Gasteiger partial charge in [-0.2, -0.15) is 0 Å². The van der Waals surface area contributed by atoms with Crippen molar-refractivity contribution >= 4 is 23.5 Å². The number of carbonyl (C=O) groups excluding carboxylic acids is 3. The predicted octanol–water partition coefficient (Wildman–Crippen LogP) is 2.50. The minimum Gasteiger partial charge on any atom is -0.465 e. The second kappa shape index (κ2) is 9.34. The first-order valence-electron chi connectivity index (χ1n) is 9.63. The molecule has 1 aliphatic rings. The number of esters is 1. The first-order chi connectivity index (χ1) is 14.0. The number of likely N-dealkylation sites (N-methyl/N-ethyl adjacent to an activating group) is 1. The van der Waals surface area contributed by atoms with Crippen molar-refractivity contribution in [2.75, 3.05) is 45.2 Å². The third-order valence-electron chi connectivity index (χ3n) is 5.04. The molecule has 1 fully saturated rings. The topological polar surface area (TPSA) is 79.0 Å². The molecule has 1 heterocycles. The fourth-order valence-electron chi connectivity index (χ4n) is 3.25. The van der Waals surface area contributed by atoms with Crippen LogP contribution in [0.4, 0.5) is 5.69 Å². The van der Waals surface area contributed by atoms with Crippen LogP contribution in [0.15, 0.2) is 48.5 Å². The number of hydrogen-bond acceptors (Lipinski definition) is 5. The Morgan fingerprint density at radius 2 is 1.59 bits per heavy atom. The quantitative estimate of drug-likeness (QED) is 0.787. The number of anilines is 1. The Labute approximate surface area is 170 Å². The Bertz CT molecular complexity index is 887. The van der Waals surface area contributed by atoms with Crippen LogP contribution in [0.5, 0.6) is 0 Å². The number of nitrogens with zero attached hydrogens (tertiary/aromatic N) is 2. The summed E-state index contributed by atoms with van der Waals surface area (Å²) in [6, 6.07) is 13.2. The summed E-state index contributed by atoms with van der Waals surface area (Å²) in [7, 11) is 1.32. The molecule has 2 aromatic rings. The van der Waals surface area contributed by atoms with Crippen molar-refractivity contribution in [3.8, 4) is 0 Å². The van der Waals surface area contributed by atoms with Gasteiger partial charge in [-0.05, 0) is 49.0 Å². The summed E-state index contributed by atoms with van der Waals surface area (Å²) in [5.74, 6) is -0.812. The molecular formula is C22H25N3O4. The number of amides is 2. The molecule has 2 aromatic carbocycles. The van der Waals surface area contributed by atoms with Crippen LogP contribution in [0.25, 0.3) is 0 Å². The second-order valence-electron chi connectivity index (χ2n) is 6.83. The Kier molecular flexibility index (Phi) is 6.61. The van der Waals surface area contributed by atoms with Crippen molar-refractivity contribution in [2.24, 2.45) is 0 Å². The zero-order valence-corrected chi connectivity index (χ0v) is 16.7. The molecule has 7 nitrogen and oxygen atoms in total. The Hall–Kier alpha value is -3.19. The molecule has 0 saturated carbocycles. The van der Waals surface area contributed by atoms with Crippen LogP contribution in [0.1, 0.15) is 38.0 Å². The van der Waals surface area contributed by atoms with E-state index in [0.717, 1.165) is 19.6 Å². The number of hydrogen-bond donors (Lipinski definition) is 1. The van der Waals surface area contributed by atoms with Crippen molar-refractivity contribution in [2.45, 2.75) is 6.92 Å². The highest BCUT2D eigenvalue weighted by atomic mass is 16.5. The molecule has 0 aliphatic carbocycles. The van der Waals surface area contributed by atoms with E-state index in [0.29, 0.717) is 35.5 Å². The Morgan fingerprint density at radius 3 is 2.21 bits per heavy atom. The van der Waals surface area contributed by atoms with Gasteiger partial charge in [0, 0.05) is 43.0 Å². The maximum atomic E-state index is 12.8. The van der Waals surface area contributed by atoms with Gasteiger partial charge in [0.2, 0.25) is 0 Å². The van der Waals surface area contributed by atoms with E-state index in [1.165, 1.54) is 7.11 Å². The van der Waals surface area contributed by atoms with Gasteiger partial charge < -0.3 is 19.9 Å². The largest absolute Gasteiger partial charge is 0.465 e. The number of piperazine rings is 1. The molecule has 0 unspecified atom stereocenters. The van der Waals surface area contributed by atoms with Crippen LogP contribution in [0.3, 0.4) is 0 Å². The van der Waals surface area contributed by atoms with E-state index in [1.807, 2.05) is 4.90 Å². The average molecular weight is 395 g/mol. The van der Waals surface area contributed by atoms with Gasteiger partial charge >= 0.3 is 5.97 Å². The number of rotatable bonds is 5. The molecule has 29 heavy (non-hydrogen) atoms. The van der Waals surface area contributed by atoms with Crippen molar-refractivity contribution in [1.29, 1.82) is 0 Å². The van der Waals surface area contributed by atoms with E-state index in [4.69, 9.17) is 0 Å². The third kappa shape index (κ3) is 5.00. The minimum atomic E-state index is -0.436. The molecule has 2 amide bonds. The van der Waals surface area contributed by atoms with Crippen molar-refractivity contribution in [3.63, 3.8) is 0 Å². The van der Waals surface area contributed by atoms with Gasteiger partial charge in [-0.1, -0.05) is 13.0 Å². The monoisotopic (exact) mass is 395 g/mol. The summed E-state index contributed by atoms with van der Waals surface area (Å²) in [5.41, 5.74) is 1.86. The SMILES string of the molecule is CCN1CCN(C(=O)c2cccc(C(=O)Nc3ccc(C(=O)OC)cc3)c2)CC1. The zero-order chi connectivity index (χ0) is 20.8. The maximum absolute atomic E-state index is 12.8. The first kappa shape index (κ1) is 20.5. The zero-order valence-electron chi connectivity index (χ0n) is 16.7. The average Bonchev–Trinajstić information content (AvgIpc) is 2.78. The van der Waals surface area contributed by atoms with Crippen LogP contribution in [0.2, 0.25) is 0 Å². The maximum Gasteiger partial charge on any atom is 0.337 e. The Morgan fingerprint density at radius 1 is 0.931 bits per heavy atom. The number of ether oxygens (including phenoxy) is 1. The molecule has 0 bridgehead atoms. The van der Waals surface area contributed by atoms with E-state index in [-0.39, 0.29) is 11.8 Å². The standard InChI is InChI=1S/C22H25N3O4/c1-3-24-11-13-25(14-12-24)21(27)18-6-4-5-17(15-18)20(26)23-19-9-7-16(8-10-19)22(28)29-2/h4-10,15H,3,11-14H2,1-2H3,(H,23,26). The number of carbonyl (C=O) groups is 3. The van der Waals surface area contributed by atoms with Crippen molar-refractivity contribution in [1.82, 2.24) is 9.80 Å². The van der Waals surface area contributed by atoms with E-state index < -0.39 is 5.97 Å². The Balaban J connectivity index is 1.66. The lowest BCUT2D eigenvalue weighted by Crippen LogP contribution is -2.48. The highest BCUT2D eigenvalue weighted by Crippen LogP contribution is 2.15. The van der Waals surface area contributed by atoms with Gasteiger partial charge in [0.1, 0.15) is 0 Å². The van der Waals surface area contributed by atoms with E-state index in [1.54, 1.807) is 48.5 Å². The fourth-order valence-corrected chi connectivity index (χ4v) is 3.25. The summed E-state index contributed by atoms with van der Waals surface area (Å²) in [6.45, 7) is 6.21. The van der Waals surface area contributed by atoms with E-state index in [9.17, 15) is 14.4 Å². The van der Waals surface area contributed by atoms with Gasteiger partial charge in [-0.3, -0.25) is 9.59 Å². The lowest BCUT2D eigenvalue weighted by Gasteiger charge is -2.34. The molecule has 0 aromatic heterocycles. The second-order valence-corrected chi connectivity index (χ2v) is 6.83. The summed E-state index contributed by atoms with van der Waals surface area (Å²) in [6.07, 6.45) is 0. The lowest BCUT2D eigenvalue weighted by atomic mass is 10.1. The fraction of sp³-hybridized carbons (Fsp3) is 0.318. The van der Waals surface area contributed by atoms with E-state index in [2.05, 4.69) is 21.9 Å². The van der Waals surface area contributed by atoms with Crippen LogP contribution >= 0.6 is 0 Å². The number of nitrogens with one attached hydrogen (secondary N) is 1. The van der Waals surface area contributed by atoms with Gasteiger partial charge in [-0.25, -0.2) is 4.79 Å². The predicted molar refractivity (Wildman–Crippen MR) is 110 cm³/mol. The lowest BCUT2D eigenvalue weighted by molar-refractivity contribution is 0.0599. The molecule has 152 valence electrons. The molecule has 1 N–H and O–H groups in total. The molecule has 7 heteroatoms. The number of methoxy groups -OCH3 is 1. The molecule has 1 aliphatic heterocycles. The summed E-state index contributed by atoms with van der Waals surface area (Å²) in [4.78, 5) is 41.0. The molecule has 3 rings (SSSR count). The normalized spacial score (nSPS) is 14.3. The molecule has 0 atom stereocenters. The van der Waals surface area contributed by atoms with Gasteiger partial charge in [-0.15, -0.1) is 0 Å². The number of benzene rings is 2. The third-order valence-corrected chi connectivity index (χ3v) is 5.04. The highest BCUT2D eigenvalue weighted by Gasteiger charge is 2.22. The van der Waals surface area contributed by atoms with Crippen molar-refractivity contribution < 1.29 is 19.1 Å². The summed E-state index contributed by atoms with van der Waals surface area (Å²) < 4.78 is 4.66. The highest BCUT2D eigenvalue weighted by molar-refractivity contribution is 6.06. The molecular weight excluding hydrogens is 370 g/mol. The first-order valence-corrected chi connectivity index (χ1v) is 9.63. The summed E-state index contributed by atoms with van der Waals surface area (Å²) in [5, 5.41) is 2.78. The summed E-state index contributed by atoms with van der Waals surface area (Å²) >= 11 is 0. The molecule has 0 radical (unpaired) electrons. The van der Waals surface area contributed by atoms with Gasteiger partial charge in [0.05, 0.1) is 12.7 Å². The van der Waals surface area contributed by atoms with E-state index >= 15 is 0 Å². The van der Waals surface area contributed by atoms with Gasteiger partial charge in [0.15, 0.2) is 0 Å². The van der Waals surface area contributed by atoms with Crippen molar-refractivity contribution in [3.05, 3.63) is 65.2 Å². The van der Waals surface area contributed by atoms with Crippen LogP contribution in [-0.2, 0) is 4.74 Å². The molecule has 0 spiro atoms. The van der Waals surface area contributed by atoms with Gasteiger partial charge in [0.25, 0.3) is 11.8 Å². The van der Waals surface area contributed by atoms with Crippen LogP contribution in [-0.4, -0.2) is 67.4 Å².